The second kappa shape index (κ2) is 8.49. The molecule has 0 atom stereocenters. The number of nitrogens with one attached hydrogen (secondary N) is 3. The molecular weight excluding hydrogens is 378 g/mol. The highest BCUT2D eigenvalue weighted by Crippen LogP contribution is 2.20. The largest absolute Gasteiger partial charge is 0.340 e. The maximum atomic E-state index is 12.5. The Morgan fingerprint density at radius 1 is 0.893 bits per heavy atom. The fourth-order valence-corrected chi connectivity index (χ4v) is 2.63. The molecular formula is C20H18ClN5O2. The molecule has 0 fully saturated rings. The maximum absolute atomic E-state index is 12.5. The van der Waals surface area contributed by atoms with Crippen LogP contribution in [0.2, 0.25) is 5.02 Å². The van der Waals surface area contributed by atoms with E-state index in [0.29, 0.717) is 33.7 Å². The van der Waals surface area contributed by atoms with E-state index in [9.17, 15) is 9.59 Å². The van der Waals surface area contributed by atoms with Crippen LogP contribution in [0.4, 0.5) is 22.9 Å². The van der Waals surface area contributed by atoms with Crippen LogP contribution in [-0.4, -0.2) is 21.8 Å². The molecule has 1 aromatic heterocycles. The van der Waals surface area contributed by atoms with Gasteiger partial charge in [-0.1, -0.05) is 17.7 Å². The summed E-state index contributed by atoms with van der Waals surface area (Å²) in [5, 5.41) is 9.20. The van der Waals surface area contributed by atoms with Gasteiger partial charge in [-0.15, -0.1) is 0 Å². The number of hydrogen-bond acceptors (Lipinski definition) is 5. The lowest BCUT2D eigenvalue weighted by Gasteiger charge is -2.10. The Kier molecular flexibility index (Phi) is 5.86. The monoisotopic (exact) mass is 395 g/mol. The quantitative estimate of drug-likeness (QED) is 0.595. The van der Waals surface area contributed by atoms with E-state index >= 15 is 0 Å². The third-order valence-electron chi connectivity index (χ3n) is 3.63. The van der Waals surface area contributed by atoms with Crippen molar-refractivity contribution in [3.05, 3.63) is 71.1 Å². The van der Waals surface area contributed by atoms with E-state index < -0.39 is 0 Å². The van der Waals surface area contributed by atoms with Crippen LogP contribution in [0.15, 0.2) is 54.6 Å². The molecule has 0 aliphatic carbocycles. The van der Waals surface area contributed by atoms with Gasteiger partial charge >= 0.3 is 0 Å². The highest BCUT2D eigenvalue weighted by molar-refractivity contribution is 6.30. The first-order valence-corrected chi connectivity index (χ1v) is 8.84. The topological polar surface area (TPSA) is 96.0 Å². The molecule has 0 aliphatic rings. The van der Waals surface area contributed by atoms with Crippen molar-refractivity contribution in [3.8, 4) is 0 Å². The number of nitrogens with zero attached hydrogens (tertiary/aromatic N) is 2. The van der Waals surface area contributed by atoms with Crippen molar-refractivity contribution in [2.75, 3.05) is 16.0 Å². The molecule has 0 unspecified atom stereocenters. The van der Waals surface area contributed by atoms with E-state index in [0.717, 1.165) is 0 Å². The highest BCUT2D eigenvalue weighted by atomic mass is 35.5. The molecule has 28 heavy (non-hydrogen) atoms. The van der Waals surface area contributed by atoms with Crippen molar-refractivity contribution >= 4 is 46.3 Å². The van der Waals surface area contributed by atoms with Crippen molar-refractivity contribution in [2.24, 2.45) is 0 Å². The van der Waals surface area contributed by atoms with Crippen LogP contribution in [-0.2, 0) is 4.79 Å². The number of aromatic nitrogens is 2. The molecule has 0 spiro atoms. The van der Waals surface area contributed by atoms with Crippen LogP contribution in [0.1, 0.15) is 23.2 Å². The second-order valence-electron chi connectivity index (χ2n) is 6.03. The van der Waals surface area contributed by atoms with Crippen molar-refractivity contribution in [2.45, 2.75) is 13.8 Å². The van der Waals surface area contributed by atoms with Crippen LogP contribution in [0.25, 0.3) is 0 Å². The number of rotatable bonds is 5. The molecule has 0 aliphatic heterocycles. The zero-order valence-corrected chi connectivity index (χ0v) is 16.0. The highest BCUT2D eigenvalue weighted by Gasteiger charge is 2.11. The number of anilines is 4. The van der Waals surface area contributed by atoms with Gasteiger partial charge in [-0.05, 0) is 49.4 Å². The number of amides is 2. The Bertz CT molecular complexity index is 1020. The lowest BCUT2D eigenvalue weighted by molar-refractivity contribution is -0.114. The second-order valence-corrected chi connectivity index (χ2v) is 6.47. The molecule has 0 radical (unpaired) electrons. The standard InChI is InChI=1S/C20H18ClN5O2/c1-12-22-18(20(28)26-15-8-6-14(21)7-9-15)11-19(23-12)25-17-5-3-4-16(10-17)24-13(2)27/h3-11H,1-2H3,(H,24,27)(H,26,28)(H,22,23,25). The van der Waals surface area contributed by atoms with E-state index in [4.69, 9.17) is 11.6 Å². The minimum Gasteiger partial charge on any atom is -0.340 e. The van der Waals surface area contributed by atoms with Gasteiger partial charge < -0.3 is 16.0 Å². The summed E-state index contributed by atoms with van der Waals surface area (Å²) in [4.78, 5) is 32.2. The predicted octanol–water partition coefficient (Wildman–Crippen LogP) is 4.39. The van der Waals surface area contributed by atoms with E-state index in [2.05, 4.69) is 25.9 Å². The molecule has 0 saturated carbocycles. The fraction of sp³-hybridized carbons (Fsp3) is 0.100. The molecule has 3 aromatic rings. The first-order chi connectivity index (χ1) is 13.4. The van der Waals surface area contributed by atoms with Gasteiger partial charge in [0, 0.05) is 35.1 Å². The lowest BCUT2D eigenvalue weighted by Crippen LogP contribution is -2.15. The zero-order valence-electron chi connectivity index (χ0n) is 15.3. The molecule has 8 heteroatoms. The minimum atomic E-state index is -0.358. The van der Waals surface area contributed by atoms with Crippen molar-refractivity contribution in [1.82, 2.24) is 9.97 Å². The van der Waals surface area contributed by atoms with Crippen molar-refractivity contribution in [1.29, 1.82) is 0 Å². The lowest BCUT2D eigenvalue weighted by atomic mass is 10.2. The number of carbonyl (C=O) groups is 2. The molecule has 3 rings (SSSR count). The zero-order chi connectivity index (χ0) is 20.1. The van der Waals surface area contributed by atoms with Gasteiger partial charge in [0.25, 0.3) is 5.91 Å². The van der Waals surface area contributed by atoms with E-state index in [1.54, 1.807) is 55.5 Å². The van der Waals surface area contributed by atoms with Gasteiger partial charge in [-0.2, -0.15) is 0 Å². The maximum Gasteiger partial charge on any atom is 0.274 e. The Labute approximate surface area is 167 Å². The molecule has 0 bridgehead atoms. The van der Waals surface area contributed by atoms with Crippen LogP contribution in [0.3, 0.4) is 0 Å². The summed E-state index contributed by atoms with van der Waals surface area (Å²) in [5.41, 5.74) is 2.21. The van der Waals surface area contributed by atoms with Crippen LogP contribution < -0.4 is 16.0 Å². The molecule has 3 N–H and O–H groups in total. The molecule has 142 valence electrons. The van der Waals surface area contributed by atoms with Gasteiger partial charge in [-0.3, -0.25) is 9.59 Å². The third kappa shape index (κ3) is 5.28. The van der Waals surface area contributed by atoms with Gasteiger partial charge in [0.05, 0.1) is 0 Å². The summed E-state index contributed by atoms with van der Waals surface area (Å²) in [5.74, 6) is 0.400. The molecule has 0 saturated heterocycles. The first-order valence-electron chi connectivity index (χ1n) is 8.46. The molecule has 2 aromatic carbocycles. The Balaban J connectivity index is 1.78. The van der Waals surface area contributed by atoms with Gasteiger partial charge in [0.2, 0.25) is 5.91 Å². The van der Waals surface area contributed by atoms with Crippen molar-refractivity contribution < 1.29 is 9.59 Å². The van der Waals surface area contributed by atoms with Crippen molar-refractivity contribution in [3.63, 3.8) is 0 Å². The third-order valence-corrected chi connectivity index (χ3v) is 3.88. The number of carbonyl (C=O) groups excluding carboxylic acids is 2. The fourth-order valence-electron chi connectivity index (χ4n) is 2.50. The molecule has 1 heterocycles. The minimum absolute atomic E-state index is 0.156. The van der Waals surface area contributed by atoms with Crippen LogP contribution in [0, 0.1) is 6.92 Å². The molecule has 7 nitrogen and oxygen atoms in total. The summed E-state index contributed by atoms with van der Waals surface area (Å²) in [7, 11) is 0. The van der Waals surface area contributed by atoms with Crippen LogP contribution >= 0.6 is 11.6 Å². The summed E-state index contributed by atoms with van der Waals surface area (Å²) < 4.78 is 0. The Morgan fingerprint density at radius 2 is 1.61 bits per heavy atom. The van der Waals surface area contributed by atoms with E-state index in [1.165, 1.54) is 6.92 Å². The van der Waals surface area contributed by atoms with E-state index in [1.807, 2.05) is 6.07 Å². The number of hydrogen-bond donors (Lipinski definition) is 3. The van der Waals surface area contributed by atoms with Gasteiger partial charge in [0.1, 0.15) is 17.3 Å². The SMILES string of the molecule is CC(=O)Nc1cccc(Nc2cc(C(=O)Nc3ccc(Cl)cc3)nc(C)n2)c1. The summed E-state index contributed by atoms with van der Waals surface area (Å²) >= 11 is 5.86. The number of benzene rings is 2. The average molecular weight is 396 g/mol. The Morgan fingerprint density at radius 3 is 2.32 bits per heavy atom. The summed E-state index contributed by atoms with van der Waals surface area (Å²) in [6.07, 6.45) is 0. The number of halogens is 1. The number of aryl methyl sites for hydroxylation is 1. The van der Waals surface area contributed by atoms with Crippen LogP contribution in [0.5, 0.6) is 0 Å². The Hall–Kier alpha value is -3.45. The smallest absolute Gasteiger partial charge is 0.274 e. The van der Waals surface area contributed by atoms with E-state index in [-0.39, 0.29) is 17.5 Å². The average Bonchev–Trinajstić information content (AvgIpc) is 2.63. The summed E-state index contributed by atoms with van der Waals surface area (Å²) in [6.45, 7) is 3.15. The van der Waals surface area contributed by atoms with Gasteiger partial charge in [0.15, 0.2) is 0 Å². The molecule has 2 amide bonds. The normalized spacial score (nSPS) is 10.2. The van der Waals surface area contributed by atoms with Gasteiger partial charge in [-0.25, -0.2) is 9.97 Å². The predicted molar refractivity (Wildman–Crippen MR) is 110 cm³/mol. The summed E-state index contributed by atoms with van der Waals surface area (Å²) in [6, 6.07) is 15.5. The first kappa shape index (κ1) is 19.3.